The highest BCUT2D eigenvalue weighted by Gasteiger charge is 2.27. The van der Waals surface area contributed by atoms with Crippen LogP contribution in [0.25, 0.3) is 0 Å². The Balaban J connectivity index is 1.21. The minimum Gasteiger partial charge on any atom is -0.493 e. The minimum atomic E-state index is -0.121. The maximum Gasteiger partial charge on any atom is 0.273 e. The first-order valence-electron chi connectivity index (χ1n) is 11.1. The van der Waals surface area contributed by atoms with Gasteiger partial charge in [-0.25, -0.2) is 0 Å². The first-order chi connectivity index (χ1) is 15.2. The van der Waals surface area contributed by atoms with Crippen LogP contribution in [-0.2, 0) is 13.1 Å². The van der Waals surface area contributed by atoms with Crippen molar-refractivity contribution in [3.8, 4) is 17.2 Å². The number of nitrogens with one attached hydrogen (secondary N) is 1. The van der Waals surface area contributed by atoms with Crippen LogP contribution in [0.15, 0.2) is 18.3 Å². The van der Waals surface area contributed by atoms with Crippen molar-refractivity contribution in [2.75, 3.05) is 20.4 Å². The molecule has 3 heterocycles. The molecule has 1 saturated heterocycles. The van der Waals surface area contributed by atoms with Gasteiger partial charge < -0.3 is 19.5 Å². The van der Waals surface area contributed by atoms with Gasteiger partial charge in [0.1, 0.15) is 0 Å². The molecule has 1 aromatic heterocycles. The number of carbonyl (C=O) groups excluding carboxylic acids is 1. The summed E-state index contributed by atoms with van der Waals surface area (Å²) in [6, 6.07) is 4.88. The highest BCUT2D eigenvalue weighted by atomic mass is 16.7. The number of aromatic nitrogens is 3. The number of methoxy groups -OCH3 is 1. The number of fused-ring (bicyclic) bond motifs is 1. The van der Waals surface area contributed by atoms with E-state index in [1.807, 2.05) is 6.07 Å². The Labute approximate surface area is 181 Å². The fraction of sp³-hybridized carbons (Fsp3) is 0.591. The number of benzene rings is 1. The van der Waals surface area contributed by atoms with Gasteiger partial charge in [-0.05, 0) is 56.3 Å². The van der Waals surface area contributed by atoms with Crippen molar-refractivity contribution >= 4 is 5.91 Å². The summed E-state index contributed by atoms with van der Waals surface area (Å²) in [5.74, 6) is 2.04. The second-order valence-corrected chi connectivity index (χ2v) is 8.56. The van der Waals surface area contributed by atoms with Gasteiger partial charge in [0.05, 0.1) is 13.3 Å². The lowest BCUT2D eigenvalue weighted by molar-refractivity contribution is 0.0946. The van der Waals surface area contributed by atoms with Gasteiger partial charge in [0.15, 0.2) is 17.2 Å². The molecule has 0 unspecified atom stereocenters. The summed E-state index contributed by atoms with van der Waals surface area (Å²) < 4.78 is 18.4. The Morgan fingerprint density at radius 1 is 1.26 bits per heavy atom. The van der Waals surface area contributed by atoms with Crippen molar-refractivity contribution in [2.24, 2.45) is 0 Å². The molecule has 166 valence electrons. The van der Waals surface area contributed by atoms with Gasteiger partial charge >= 0.3 is 0 Å². The highest BCUT2D eigenvalue weighted by molar-refractivity contribution is 5.92. The van der Waals surface area contributed by atoms with Crippen molar-refractivity contribution in [3.63, 3.8) is 0 Å². The number of aryl methyl sites for hydroxylation is 1. The van der Waals surface area contributed by atoms with Crippen molar-refractivity contribution < 1.29 is 19.0 Å². The van der Waals surface area contributed by atoms with Gasteiger partial charge in [0.25, 0.3) is 5.91 Å². The number of rotatable bonds is 8. The van der Waals surface area contributed by atoms with E-state index in [2.05, 4.69) is 26.6 Å². The van der Waals surface area contributed by atoms with E-state index < -0.39 is 0 Å². The molecule has 2 aliphatic heterocycles. The molecule has 1 aromatic carbocycles. The number of likely N-dealkylation sites (tertiary alicyclic amines) is 1. The quantitative estimate of drug-likeness (QED) is 0.692. The molecule has 1 amide bonds. The maximum atomic E-state index is 12.1. The number of hydrogen-bond acceptors (Lipinski definition) is 7. The van der Waals surface area contributed by atoms with Crippen LogP contribution in [-0.4, -0.2) is 58.3 Å². The van der Waals surface area contributed by atoms with Gasteiger partial charge in [0.2, 0.25) is 12.5 Å². The van der Waals surface area contributed by atoms with Gasteiger partial charge in [0, 0.05) is 25.2 Å². The molecule has 9 nitrogen and oxygen atoms in total. The fourth-order valence-corrected chi connectivity index (χ4v) is 4.38. The summed E-state index contributed by atoms with van der Waals surface area (Å²) in [7, 11) is 1.65. The van der Waals surface area contributed by atoms with Crippen molar-refractivity contribution in [2.45, 2.75) is 63.7 Å². The van der Waals surface area contributed by atoms with E-state index in [0.29, 0.717) is 23.5 Å². The molecule has 0 radical (unpaired) electrons. The second kappa shape index (κ2) is 8.74. The van der Waals surface area contributed by atoms with Crippen LogP contribution in [0.2, 0.25) is 0 Å². The smallest absolute Gasteiger partial charge is 0.273 e. The molecule has 2 aromatic rings. The molecule has 5 rings (SSSR count). The van der Waals surface area contributed by atoms with Crippen LogP contribution in [0.5, 0.6) is 17.2 Å². The van der Waals surface area contributed by atoms with Crippen molar-refractivity contribution in [3.05, 3.63) is 29.6 Å². The minimum absolute atomic E-state index is 0.121. The molecule has 1 N–H and O–H groups in total. The van der Waals surface area contributed by atoms with E-state index in [0.717, 1.165) is 62.4 Å². The second-order valence-electron chi connectivity index (χ2n) is 8.56. The van der Waals surface area contributed by atoms with Crippen LogP contribution in [0.1, 0.15) is 54.6 Å². The summed E-state index contributed by atoms with van der Waals surface area (Å²) in [5, 5.41) is 11.2. The molecule has 1 aliphatic carbocycles. The van der Waals surface area contributed by atoms with E-state index in [1.165, 1.54) is 12.8 Å². The SMILES string of the molecule is COc1cc(CN2CCCC[C@@H]2CCn2cc(C(=O)NC3CC3)nn2)cc2c1OCO2. The predicted octanol–water partition coefficient (Wildman–Crippen LogP) is 2.35. The van der Waals surface area contributed by atoms with Crippen molar-refractivity contribution in [1.29, 1.82) is 0 Å². The molecule has 2 fully saturated rings. The number of carbonyl (C=O) groups is 1. The monoisotopic (exact) mass is 427 g/mol. The lowest BCUT2D eigenvalue weighted by Crippen LogP contribution is -2.39. The molecule has 0 bridgehead atoms. The summed E-state index contributed by atoms with van der Waals surface area (Å²) in [6.07, 6.45) is 8.44. The molecular weight excluding hydrogens is 398 g/mol. The zero-order chi connectivity index (χ0) is 21.2. The first-order valence-corrected chi connectivity index (χ1v) is 11.1. The third kappa shape index (κ3) is 4.61. The summed E-state index contributed by atoms with van der Waals surface area (Å²) in [6.45, 7) is 2.88. The van der Waals surface area contributed by atoms with Crippen molar-refractivity contribution in [1.82, 2.24) is 25.2 Å². The van der Waals surface area contributed by atoms with E-state index in [-0.39, 0.29) is 12.7 Å². The van der Waals surface area contributed by atoms with Crippen LogP contribution < -0.4 is 19.5 Å². The Morgan fingerprint density at radius 3 is 3.00 bits per heavy atom. The van der Waals surface area contributed by atoms with Gasteiger partial charge in [-0.1, -0.05) is 11.6 Å². The average molecular weight is 428 g/mol. The Kier molecular flexibility index (Phi) is 5.67. The van der Waals surface area contributed by atoms with Crippen LogP contribution in [0.4, 0.5) is 0 Å². The number of amides is 1. The maximum absolute atomic E-state index is 12.1. The first kappa shape index (κ1) is 20.1. The van der Waals surface area contributed by atoms with E-state index >= 15 is 0 Å². The molecule has 3 aliphatic rings. The normalized spacial score (nSPS) is 20.6. The zero-order valence-corrected chi connectivity index (χ0v) is 17.9. The van der Waals surface area contributed by atoms with Gasteiger partial charge in [-0.3, -0.25) is 14.4 Å². The number of piperidine rings is 1. The lowest BCUT2D eigenvalue weighted by Gasteiger charge is -2.36. The molecule has 0 spiro atoms. The average Bonchev–Trinajstić information content (AvgIpc) is 3.26. The number of ether oxygens (including phenoxy) is 3. The number of nitrogens with zero attached hydrogens (tertiary/aromatic N) is 4. The molecular formula is C22H29N5O4. The van der Waals surface area contributed by atoms with Crippen LogP contribution in [0, 0.1) is 0 Å². The standard InChI is InChI=1S/C22H29N5O4/c1-29-19-10-15(11-20-21(19)31-14-30-20)12-26-8-3-2-4-17(26)7-9-27-13-18(24-25-27)22(28)23-16-5-6-16/h10-11,13,16-17H,2-9,12,14H2,1H3,(H,23,28)/t17-/m1/s1. The zero-order valence-electron chi connectivity index (χ0n) is 17.9. The lowest BCUT2D eigenvalue weighted by atomic mass is 9.98. The van der Waals surface area contributed by atoms with Crippen LogP contribution in [0.3, 0.4) is 0 Å². The Morgan fingerprint density at radius 2 is 2.16 bits per heavy atom. The highest BCUT2D eigenvalue weighted by Crippen LogP contribution is 2.42. The fourth-order valence-electron chi connectivity index (χ4n) is 4.38. The third-order valence-electron chi connectivity index (χ3n) is 6.23. The predicted molar refractivity (Wildman–Crippen MR) is 112 cm³/mol. The largest absolute Gasteiger partial charge is 0.493 e. The third-order valence-corrected chi connectivity index (χ3v) is 6.23. The van der Waals surface area contributed by atoms with Gasteiger partial charge in [-0.2, -0.15) is 0 Å². The Bertz CT molecular complexity index is 942. The molecule has 1 atom stereocenters. The van der Waals surface area contributed by atoms with Gasteiger partial charge in [-0.15, -0.1) is 5.10 Å². The van der Waals surface area contributed by atoms with Crippen LogP contribution >= 0.6 is 0 Å². The molecule has 9 heteroatoms. The molecule has 1 saturated carbocycles. The molecule has 31 heavy (non-hydrogen) atoms. The van der Waals surface area contributed by atoms with E-state index in [1.54, 1.807) is 18.0 Å². The number of hydrogen-bond donors (Lipinski definition) is 1. The Hall–Kier alpha value is -2.81. The van der Waals surface area contributed by atoms with E-state index in [9.17, 15) is 4.79 Å². The summed E-state index contributed by atoms with van der Waals surface area (Å²) in [5.41, 5.74) is 1.56. The topological polar surface area (TPSA) is 90.7 Å². The summed E-state index contributed by atoms with van der Waals surface area (Å²) >= 11 is 0. The summed E-state index contributed by atoms with van der Waals surface area (Å²) in [4.78, 5) is 14.7. The van der Waals surface area contributed by atoms with E-state index in [4.69, 9.17) is 14.2 Å².